The smallest absolute Gasteiger partial charge is 0.308 e. The second kappa shape index (κ2) is 11.2. The Labute approximate surface area is 193 Å². The number of para-hydroxylation sites is 1. The Morgan fingerprint density at radius 3 is 2.48 bits per heavy atom. The predicted octanol–water partition coefficient (Wildman–Crippen LogP) is 5.24. The Kier molecular flexibility index (Phi) is 8.31. The summed E-state index contributed by atoms with van der Waals surface area (Å²) < 4.78 is 18.5. The molecule has 1 aromatic heterocycles. The van der Waals surface area contributed by atoms with E-state index >= 15 is 0 Å². The molecule has 2 aromatic carbocycles. The van der Waals surface area contributed by atoms with Crippen molar-refractivity contribution in [1.29, 1.82) is 0 Å². The van der Waals surface area contributed by atoms with Gasteiger partial charge in [-0.15, -0.1) is 0 Å². The third kappa shape index (κ3) is 6.24. The summed E-state index contributed by atoms with van der Waals surface area (Å²) in [4.78, 5) is 16.4. The quantitative estimate of drug-likeness (QED) is 0.435. The molecule has 3 rings (SSSR count). The molecule has 174 valence electrons. The van der Waals surface area contributed by atoms with Gasteiger partial charge in [-0.1, -0.05) is 56.3 Å². The summed E-state index contributed by atoms with van der Waals surface area (Å²) in [6.07, 6.45) is 1.24. The summed E-state index contributed by atoms with van der Waals surface area (Å²) in [5.41, 5.74) is 4.26. The first-order valence-electron chi connectivity index (χ1n) is 11.2. The topological polar surface area (TPSA) is 79.7 Å². The largest absolute Gasteiger partial charge is 0.466 e. The number of aromatic nitrogens is 1. The molecule has 0 bridgehead atoms. The minimum Gasteiger partial charge on any atom is -0.466 e. The van der Waals surface area contributed by atoms with E-state index in [2.05, 4.69) is 0 Å². The molecule has 0 aliphatic rings. The number of halogens is 1. The van der Waals surface area contributed by atoms with E-state index in [-0.39, 0.29) is 31.2 Å². The third-order valence-electron chi connectivity index (χ3n) is 5.35. The molecule has 0 aliphatic carbocycles. The van der Waals surface area contributed by atoms with Crippen LogP contribution in [0.2, 0.25) is 0 Å². The van der Waals surface area contributed by atoms with Crippen LogP contribution < -0.4 is 0 Å². The van der Waals surface area contributed by atoms with E-state index < -0.39 is 18.2 Å². The number of pyridine rings is 1. The van der Waals surface area contributed by atoms with Crippen LogP contribution in [0.25, 0.3) is 28.1 Å². The van der Waals surface area contributed by atoms with Gasteiger partial charge in [-0.05, 0) is 36.6 Å². The zero-order valence-electron chi connectivity index (χ0n) is 19.2. The van der Waals surface area contributed by atoms with Gasteiger partial charge >= 0.3 is 5.97 Å². The number of esters is 1. The van der Waals surface area contributed by atoms with Gasteiger partial charge in [-0.3, -0.25) is 9.78 Å². The summed E-state index contributed by atoms with van der Waals surface area (Å²) >= 11 is 0. The molecule has 3 aromatic rings. The molecule has 0 spiro atoms. The minimum absolute atomic E-state index is 0.000776. The monoisotopic (exact) mass is 451 g/mol. The highest BCUT2D eigenvalue weighted by atomic mass is 19.1. The number of nitrogens with zero attached hydrogens (tertiary/aromatic N) is 1. The summed E-state index contributed by atoms with van der Waals surface area (Å²) in [6, 6.07) is 14.1. The standard InChI is InChI=1S/C27H30FNO4/c1-4-33-25(32)16-21(31)15-20(30)13-14-23-26(18-9-11-19(28)12-10-18)22-7-5-6-8-24(22)29-27(23)17(2)3/h5-14,17,20-21,30-31H,4,15-16H2,1-3H3. The van der Waals surface area contributed by atoms with Crippen molar-refractivity contribution >= 4 is 22.9 Å². The number of ether oxygens (including phenoxy) is 1. The van der Waals surface area contributed by atoms with E-state index in [4.69, 9.17) is 9.72 Å². The Morgan fingerprint density at radius 1 is 1.12 bits per heavy atom. The molecule has 0 aliphatic heterocycles. The van der Waals surface area contributed by atoms with Crippen LogP contribution in [0.1, 0.15) is 50.8 Å². The van der Waals surface area contributed by atoms with Crippen LogP contribution >= 0.6 is 0 Å². The zero-order chi connectivity index (χ0) is 24.0. The number of rotatable bonds is 9. The second-order valence-electron chi connectivity index (χ2n) is 8.29. The highest BCUT2D eigenvalue weighted by molar-refractivity contribution is 5.99. The lowest BCUT2D eigenvalue weighted by atomic mass is 9.90. The molecule has 2 atom stereocenters. The van der Waals surface area contributed by atoms with Crippen LogP contribution in [0.15, 0.2) is 54.6 Å². The molecule has 1 heterocycles. The number of hydrogen-bond donors (Lipinski definition) is 2. The highest BCUT2D eigenvalue weighted by Gasteiger charge is 2.19. The summed E-state index contributed by atoms with van der Waals surface area (Å²) in [7, 11) is 0. The van der Waals surface area contributed by atoms with E-state index in [0.717, 1.165) is 33.3 Å². The van der Waals surface area contributed by atoms with Gasteiger partial charge in [0, 0.05) is 22.9 Å². The van der Waals surface area contributed by atoms with Gasteiger partial charge in [0.1, 0.15) is 5.82 Å². The lowest BCUT2D eigenvalue weighted by Crippen LogP contribution is -2.20. The van der Waals surface area contributed by atoms with E-state index in [1.54, 1.807) is 31.2 Å². The minimum atomic E-state index is -1.01. The zero-order valence-corrected chi connectivity index (χ0v) is 19.2. The SMILES string of the molecule is CCOC(=O)CC(O)CC(O)C=Cc1c(C(C)C)nc2ccccc2c1-c1ccc(F)cc1. The number of fused-ring (bicyclic) bond motifs is 1. The molecule has 5 nitrogen and oxygen atoms in total. The summed E-state index contributed by atoms with van der Waals surface area (Å²) in [5.74, 6) is -0.718. The van der Waals surface area contributed by atoms with Gasteiger partial charge in [-0.2, -0.15) is 0 Å². The average Bonchev–Trinajstić information content (AvgIpc) is 2.77. The van der Waals surface area contributed by atoms with Crippen molar-refractivity contribution in [3.8, 4) is 11.1 Å². The summed E-state index contributed by atoms with van der Waals surface area (Å²) in [6.45, 7) is 6.03. The number of carbonyl (C=O) groups excluding carboxylic acids is 1. The first kappa shape index (κ1) is 24.6. The highest BCUT2D eigenvalue weighted by Crippen LogP contribution is 2.36. The van der Waals surface area contributed by atoms with Crippen LogP contribution in [-0.4, -0.2) is 40.0 Å². The molecule has 33 heavy (non-hydrogen) atoms. The Balaban J connectivity index is 2.02. The lowest BCUT2D eigenvalue weighted by Gasteiger charge is -2.18. The molecule has 6 heteroatoms. The normalized spacial score (nSPS) is 13.5. The molecule has 0 saturated heterocycles. The second-order valence-corrected chi connectivity index (χ2v) is 8.29. The summed E-state index contributed by atoms with van der Waals surface area (Å²) in [5, 5.41) is 21.5. The van der Waals surface area contributed by atoms with Crippen molar-refractivity contribution in [2.75, 3.05) is 6.61 Å². The third-order valence-corrected chi connectivity index (χ3v) is 5.35. The maximum atomic E-state index is 13.6. The number of aliphatic hydroxyl groups excluding tert-OH is 2. The number of benzene rings is 2. The van der Waals surface area contributed by atoms with Crippen molar-refractivity contribution in [1.82, 2.24) is 4.98 Å². The van der Waals surface area contributed by atoms with Crippen LogP contribution in [0.3, 0.4) is 0 Å². The number of aliphatic hydroxyl groups is 2. The average molecular weight is 452 g/mol. The molecule has 0 saturated carbocycles. The molecule has 2 unspecified atom stereocenters. The van der Waals surface area contributed by atoms with Gasteiger partial charge in [-0.25, -0.2) is 4.39 Å². The lowest BCUT2D eigenvalue weighted by molar-refractivity contribution is -0.145. The van der Waals surface area contributed by atoms with Gasteiger partial charge in [0.2, 0.25) is 0 Å². The Morgan fingerprint density at radius 2 is 1.82 bits per heavy atom. The molecule has 2 N–H and O–H groups in total. The van der Waals surface area contributed by atoms with E-state index in [1.807, 2.05) is 38.1 Å². The van der Waals surface area contributed by atoms with E-state index in [9.17, 15) is 19.4 Å². The maximum Gasteiger partial charge on any atom is 0.308 e. The molecular weight excluding hydrogens is 421 g/mol. The Bertz CT molecular complexity index is 1120. The number of hydrogen-bond acceptors (Lipinski definition) is 5. The first-order valence-corrected chi connectivity index (χ1v) is 11.2. The van der Waals surface area contributed by atoms with E-state index in [1.165, 1.54) is 12.1 Å². The fourth-order valence-corrected chi connectivity index (χ4v) is 3.84. The molecule has 0 fully saturated rings. The van der Waals surface area contributed by atoms with Crippen molar-refractivity contribution < 1.29 is 24.1 Å². The molecular formula is C27H30FNO4. The predicted molar refractivity (Wildman–Crippen MR) is 128 cm³/mol. The molecule has 0 amide bonds. The van der Waals surface area contributed by atoms with Crippen LogP contribution in [-0.2, 0) is 9.53 Å². The molecule has 0 radical (unpaired) electrons. The van der Waals surface area contributed by atoms with Crippen LogP contribution in [0.5, 0.6) is 0 Å². The van der Waals surface area contributed by atoms with Gasteiger partial charge < -0.3 is 14.9 Å². The number of carbonyl (C=O) groups is 1. The van der Waals surface area contributed by atoms with Gasteiger partial charge in [0.05, 0.1) is 36.4 Å². The van der Waals surface area contributed by atoms with Crippen molar-refractivity contribution in [3.05, 3.63) is 71.7 Å². The van der Waals surface area contributed by atoms with Crippen molar-refractivity contribution in [2.24, 2.45) is 0 Å². The fourth-order valence-electron chi connectivity index (χ4n) is 3.84. The van der Waals surface area contributed by atoms with Crippen molar-refractivity contribution in [3.63, 3.8) is 0 Å². The first-order chi connectivity index (χ1) is 15.8. The van der Waals surface area contributed by atoms with E-state index in [0.29, 0.717) is 0 Å². The van der Waals surface area contributed by atoms with Crippen molar-refractivity contribution in [2.45, 2.75) is 51.7 Å². The van der Waals surface area contributed by atoms with Gasteiger partial charge in [0.25, 0.3) is 0 Å². The Hall–Kier alpha value is -3.09. The van der Waals surface area contributed by atoms with Crippen LogP contribution in [0.4, 0.5) is 4.39 Å². The fraction of sp³-hybridized carbons (Fsp3) is 0.333. The maximum absolute atomic E-state index is 13.6. The van der Waals surface area contributed by atoms with Gasteiger partial charge in [0.15, 0.2) is 0 Å². The van der Waals surface area contributed by atoms with Crippen LogP contribution in [0, 0.1) is 5.82 Å².